The van der Waals surface area contributed by atoms with Crippen LogP contribution < -0.4 is 0 Å². The van der Waals surface area contributed by atoms with Crippen LogP contribution in [0.4, 0.5) is 0 Å². The summed E-state index contributed by atoms with van der Waals surface area (Å²) in [5.74, 6) is 0. The van der Waals surface area contributed by atoms with Crippen molar-refractivity contribution in [1.29, 1.82) is 0 Å². The van der Waals surface area contributed by atoms with Crippen molar-refractivity contribution in [2.24, 2.45) is 0 Å². The van der Waals surface area contributed by atoms with Crippen molar-refractivity contribution >= 4 is 23.2 Å². The molecule has 0 saturated heterocycles. The number of rotatable bonds is 1. The van der Waals surface area contributed by atoms with Gasteiger partial charge in [0.05, 0.1) is 11.9 Å². The molecule has 1 atom stereocenters. The van der Waals surface area contributed by atoms with Crippen LogP contribution in [0.5, 0.6) is 0 Å². The van der Waals surface area contributed by atoms with Crippen LogP contribution in [0.1, 0.15) is 0 Å². The Labute approximate surface area is 53.1 Å². The average molecular weight is 179 g/mol. The smallest absolute Gasteiger partial charge is 0.749 e. The molecule has 0 fully saturated rings. The van der Waals surface area contributed by atoms with E-state index in [0.717, 1.165) is 0 Å². The van der Waals surface area contributed by atoms with Gasteiger partial charge in [0.25, 0.3) is 0 Å². The maximum atomic E-state index is 9.01. The van der Waals surface area contributed by atoms with E-state index in [-0.39, 0.29) is 17.1 Å². The van der Waals surface area contributed by atoms with Crippen LogP contribution in [-0.2, 0) is 32.2 Å². The van der Waals surface area contributed by atoms with Gasteiger partial charge < -0.3 is 4.55 Å². The Morgan fingerprint density at radius 3 is 2.00 bits per heavy atom. The maximum absolute atomic E-state index is 9.01. The van der Waals surface area contributed by atoms with Crippen molar-refractivity contribution in [3.8, 4) is 0 Å². The quantitative estimate of drug-likeness (QED) is 0.418. The minimum atomic E-state index is -2.56. The molecule has 0 bridgehead atoms. The summed E-state index contributed by atoms with van der Waals surface area (Å²) in [4.78, 5) is 0. The molecule has 0 aromatic carbocycles. The van der Waals surface area contributed by atoms with E-state index >= 15 is 0 Å². The van der Waals surface area contributed by atoms with Gasteiger partial charge in [-0.3, -0.25) is 0 Å². The summed E-state index contributed by atoms with van der Waals surface area (Å²) in [7, 11) is 0. The van der Waals surface area contributed by atoms with Gasteiger partial charge in [0.1, 0.15) is 11.4 Å². The summed E-state index contributed by atoms with van der Waals surface area (Å²) in [5.41, 5.74) is 0. The summed E-state index contributed by atoms with van der Waals surface area (Å²) in [6.45, 7) is 0. The molecule has 0 rings (SSSR count). The number of hydrogen-bond acceptors (Lipinski definition) is 3. The van der Waals surface area contributed by atoms with E-state index in [1.165, 1.54) is 0 Å². The Kier molecular flexibility index (Phi) is 9.79. The van der Waals surface area contributed by atoms with Crippen molar-refractivity contribution in [1.82, 2.24) is 0 Å². The Morgan fingerprint density at radius 1 is 1.83 bits per heavy atom. The number of hydrogen-bond donors (Lipinski definition) is 0. The van der Waals surface area contributed by atoms with Crippen LogP contribution in [-0.4, -0.2) is 8.76 Å². The first-order valence-corrected chi connectivity index (χ1v) is 1.96. The minimum absolute atomic E-state index is 0. The Morgan fingerprint density at radius 2 is 2.00 bits per heavy atom. The molecular formula is ClCuO3S. The predicted molar refractivity (Wildman–Crippen MR) is 15.9 cm³/mol. The van der Waals surface area contributed by atoms with Gasteiger partial charge in [-0.1, -0.05) is 0 Å². The molecule has 42 valence electrons. The van der Waals surface area contributed by atoms with E-state index in [4.69, 9.17) is 8.76 Å². The molecule has 0 heterocycles. The molecule has 1 unspecified atom stereocenters. The second-order valence-corrected chi connectivity index (χ2v) is 1.18. The molecule has 0 aliphatic heterocycles. The number of halogens is 1. The zero-order chi connectivity index (χ0) is 4.28. The Balaban J connectivity index is 0. The van der Waals surface area contributed by atoms with E-state index in [1.807, 2.05) is 0 Å². The zero-order valence-electron chi connectivity index (χ0n) is 2.31. The molecule has 0 N–H and O–H groups in total. The SMILES string of the molecule is O=S([O-])OCl.[Cu+]. The van der Waals surface area contributed by atoms with Crippen molar-refractivity contribution in [3.63, 3.8) is 0 Å². The van der Waals surface area contributed by atoms with E-state index in [1.54, 1.807) is 0 Å². The third-order valence-corrected chi connectivity index (χ3v) is 0.463. The van der Waals surface area contributed by atoms with Gasteiger partial charge in [0.15, 0.2) is 0 Å². The minimum Gasteiger partial charge on any atom is -0.749 e. The van der Waals surface area contributed by atoms with Crippen LogP contribution in [0, 0.1) is 0 Å². The molecule has 6 heavy (non-hydrogen) atoms. The molecule has 0 saturated carbocycles. The molecule has 0 amide bonds. The van der Waals surface area contributed by atoms with Crippen molar-refractivity contribution in [2.75, 3.05) is 0 Å². The van der Waals surface area contributed by atoms with E-state index < -0.39 is 11.4 Å². The first kappa shape index (κ1) is 9.99. The zero-order valence-corrected chi connectivity index (χ0v) is 4.83. The van der Waals surface area contributed by atoms with Gasteiger partial charge >= 0.3 is 17.1 Å². The first-order chi connectivity index (χ1) is 2.27. The van der Waals surface area contributed by atoms with Crippen molar-refractivity contribution < 1.29 is 29.6 Å². The second kappa shape index (κ2) is 5.88. The fourth-order valence-corrected chi connectivity index (χ4v) is 0. The van der Waals surface area contributed by atoms with Gasteiger partial charge in [-0.25, -0.2) is 4.21 Å². The molecule has 0 spiro atoms. The van der Waals surface area contributed by atoms with E-state index in [2.05, 4.69) is 15.6 Å². The second-order valence-electron chi connectivity index (χ2n) is 0.267. The molecular weight excluding hydrogens is 179 g/mol. The van der Waals surface area contributed by atoms with Crippen LogP contribution >= 0.6 is 11.9 Å². The molecule has 0 aromatic heterocycles. The van der Waals surface area contributed by atoms with Gasteiger partial charge in [-0.15, -0.1) is 0 Å². The molecule has 0 aliphatic carbocycles. The van der Waals surface area contributed by atoms with Gasteiger partial charge in [-0.2, -0.15) is 3.74 Å². The van der Waals surface area contributed by atoms with Crippen LogP contribution in [0.2, 0.25) is 0 Å². The predicted octanol–water partition coefficient (Wildman–Crippen LogP) is -0.0516. The van der Waals surface area contributed by atoms with Crippen LogP contribution in [0.15, 0.2) is 0 Å². The summed E-state index contributed by atoms with van der Waals surface area (Å²) in [5, 5.41) is 0. The third-order valence-electron chi connectivity index (χ3n) is 0.0514. The van der Waals surface area contributed by atoms with Crippen LogP contribution in [0.3, 0.4) is 0 Å². The topological polar surface area (TPSA) is 49.4 Å². The van der Waals surface area contributed by atoms with Crippen molar-refractivity contribution in [3.05, 3.63) is 0 Å². The Hall–Kier alpha value is 0.879. The molecule has 6 heteroatoms. The van der Waals surface area contributed by atoms with E-state index in [9.17, 15) is 0 Å². The summed E-state index contributed by atoms with van der Waals surface area (Å²) < 4.78 is 21.2. The molecule has 3 nitrogen and oxygen atoms in total. The van der Waals surface area contributed by atoms with Crippen LogP contribution in [0.25, 0.3) is 0 Å². The van der Waals surface area contributed by atoms with E-state index in [0.29, 0.717) is 0 Å². The monoisotopic (exact) mass is 178 g/mol. The summed E-state index contributed by atoms with van der Waals surface area (Å²) in [6, 6.07) is 0. The normalized spacial score (nSPS) is 12.3. The maximum Gasteiger partial charge on any atom is 1.00 e. The summed E-state index contributed by atoms with van der Waals surface area (Å²) in [6.07, 6.45) is 0. The van der Waals surface area contributed by atoms with Gasteiger partial charge in [0, 0.05) is 0 Å². The fourth-order valence-electron chi connectivity index (χ4n) is 0. The molecule has 0 aromatic rings. The molecule has 0 radical (unpaired) electrons. The molecule has 0 aliphatic rings. The van der Waals surface area contributed by atoms with Crippen molar-refractivity contribution in [2.45, 2.75) is 0 Å². The Bertz CT molecular complexity index is 46.1. The summed E-state index contributed by atoms with van der Waals surface area (Å²) >= 11 is 1.67. The fraction of sp³-hybridized carbons (Fsp3) is 0. The largest absolute Gasteiger partial charge is 1.00 e. The standard InChI is InChI=1S/ClHO3S.Cu/c1-4-5(2)3;/h(H,2,3);/q;+1/p-1. The average Bonchev–Trinajstić information content (AvgIpc) is 1.38. The first-order valence-electron chi connectivity index (χ1n) is 0.654. The van der Waals surface area contributed by atoms with Gasteiger partial charge in [-0.05, 0) is 0 Å². The third kappa shape index (κ3) is 8.86. The van der Waals surface area contributed by atoms with Gasteiger partial charge in [0.2, 0.25) is 0 Å².